The van der Waals surface area contributed by atoms with Gasteiger partial charge in [0, 0.05) is 19.2 Å². The highest BCUT2D eigenvalue weighted by atomic mass is 16.5. The molecule has 2 N–H and O–H groups in total. The first kappa shape index (κ1) is 20.2. The third-order valence-electron chi connectivity index (χ3n) is 4.29. The lowest BCUT2D eigenvalue weighted by atomic mass is 9.97. The van der Waals surface area contributed by atoms with E-state index in [1.807, 2.05) is 6.92 Å². The number of aliphatic hydroxyl groups is 1. The van der Waals surface area contributed by atoms with E-state index in [0.717, 1.165) is 25.9 Å². The zero-order chi connectivity index (χ0) is 18.9. The predicted octanol–water partition coefficient (Wildman–Crippen LogP) is 1.66. The van der Waals surface area contributed by atoms with Crippen LogP contribution in [0.15, 0.2) is 24.3 Å². The number of aliphatic hydroxyl groups excluding tert-OH is 1. The molecule has 1 atom stereocenters. The normalized spacial score (nSPS) is 16.7. The Balaban J connectivity index is 1.68. The summed E-state index contributed by atoms with van der Waals surface area (Å²) in [5.41, 5.74) is 0.704. The summed E-state index contributed by atoms with van der Waals surface area (Å²) in [6.45, 7) is 5.93. The van der Waals surface area contributed by atoms with E-state index < -0.39 is 6.10 Å². The minimum absolute atomic E-state index is 0.0262. The van der Waals surface area contributed by atoms with E-state index in [1.165, 1.54) is 6.92 Å². The van der Waals surface area contributed by atoms with Crippen LogP contribution in [0.3, 0.4) is 0 Å². The number of rotatable bonds is 8. The molecule has 1 saturated heterocycles. The summed E-state index contributed by atoms with van der Waals surface area (Å²) < 4.78 is 10.7. The Labute approximate surface area is 154 Å². The Morgan fingerprint density at radius 2 is 1.92 bits per heavy atom. The van der Waals surface area contributed by atoms with Crippen LogP contribution < -0.4 is 10.1 Å². The summed E-state index contributed by atoms with van der Waals surface area (Å²) in [5.74, 6) is 0.375. The van der Waals surface area contributed by atoms with Gasteiger partial charge in [0.15, 0.2) is 0 Å². The number of hydrogen-bond donors (Lipinski definition) is 2. The topological polar surface area (TPSA) is 88.1 Å². The first-order valence-electron chi connectivity index (χ1n) is 9.05. The fraction of sp³-hybridized carbons (Fsp3) is 0.579. The van der Waals surface area contributed by atoms with Gasteiger partial charge in [0.25, 0.3) is 0 Å². The highest BCUT2D eigenvalue weighted by molar-refractivity contribution is 5.88. The average molecular weight is 364 g/mol. The van der Waals surface area contributed by atoms with Gasteiger partial charge in [-0.1, -0.05) is 0 Å². The molecule has 1 fully saturated rings. The van der Waals surface area contributed by atoms with E-state index in [0.29, 0.717) is 24.6 Å². The summed E-state index contributed by atoms with van der Waals surface area (Å²) in [6.07, 6.45) is 0.915. The van der Waals surface area contributed by atoms with Crippen LogP contribution >= 0.6 is 0 Å². The molecular weight excluding hydrogens is 336 g/mol. The molecule has 1 aliphatic heterocycles. The van der Waals surface area contributed by atoms with Crippen molar-refractivity contribution in [2.24, 2.45) is 5.92 Å². The predicted molar refractivity (Wildman–Crippen MR) is 98.0 cm³/mol. The van der Waals surface area contributed by atoms with Crippen LogP contribution in [0.2, 0.25) is 0 Å². The number of nitrogens with one attached hydrogen (secondary N) is 1. The van der Waals surface area contributed by atoms with Crippen LogP contribution in [0.1, 0.15) is 26.7 Å². The molecule has 0 saturated carbocycles. The van der Waals surface area contributed by atoms with Crippen LogP contribution in [0.25, 0.3) is 0 Å². The Morgan fingerprint density at radius 3 is 2.50 bits per heavy atom. The molecule has 144 valence electrons. The van der Waals surface area contributed by atoms with Crippen molar-refractivity contribution < 1.29 is 24.2 Å². The number of nitrogens with zero attached hydrogens (tertiary/aromatic N) is 1. The molecular formula is C19H28N2O5. The molecule has 1 unspecified atom stereocenters. The molecule has 1 amide bonds. The van der Waals surface area contributed by atoms with Crippen LogP contribution in [0.4, 0.5) is 5.69 Å². The highest BCUT2D eigenvalue weighted by Gasteiger charge is 2.26. The third kappa shape index (κ3) is 6.65. The summed E-state index contributed by atoms with van der Waals surface area (Å²) in [6, 6.07) is 7.01. The van der Waals surface area contributed by atoms with Crippen molar-refractivity contribution in [1.29, 1.82) is 0 Å². The van der Waals surface area contributed by atoms with Gasteiger partial charge in [-0.15, -0.1) is 0 Å². The highest BCUT2D eigenvalue weighted by Crippen LogP contribution is 2.19. The van der Waals surface area contributed by atoms with Gasteiger partial charge in [-0.25, -0.2) is 0 Å². The summed E-state index contributed by atoms with van der Waals surface area (Å²) in [4.78, 5) is 24.9. The van der Waals surface area contributed by atoms with Gasteiger partial charge in [0.05, 0.1) is 12.5 Å². The molecule has 1 aromatic rings. The molecule has 0 aliphatic carbocycles. The van der Waals surface area contributed by atoms with E-state index >= 15 is 0 Å². The first-order valence-corrected chi connectivity index (χ1v) is 9.05. The number of benzene rings is 1. The van der Waals surface area contributed by atoms with Gasteiger partial charge in [0.2, 0.25) is 5.91 Å². The van der Waals surface area contributed by atoms with Crippen LogP contribution in [-0.2, 0) is 14.3 Å². The molecule has 0 radical (unpaired) electrons. The molecule has 2 rings (SSSR count). The number of likely N-dealkylation sites (tertiary alicyclic amines) is 1. The van der Waals surface area contributed by atoms with Crippen LogP contribution in [-0.4, -0.2) is 60.8 Å². The SMILES string of the molecule is CCOC(=O)C1CCN(CC(O)COc2ccc(NC(C)=O)cc2)CC1. The number of anilines is 1. The minimum atomic E-state index is -0.607. The largest absolute Gasteiger partial charge is 0.491 e. The second-order valence-electron chi connectivity index (χ2n) is 6.50. The molecule has 0 spiro atoms. The van der Waals surface area contributed by atoms with Crippen molar-refractivity contribution in [3.8, 4) is 5.75 Å². The summed E-state index contributed by atoms with van der Waals surface area (Å²) in [7, 11) is 0. The Kier molecular flexibility index (Phi) is 7.87. The number of carbonyl (C=O) groups excluding carboxylic acids is 2. The number of amides is 1. The second-order valence-corrected chi connectivity index (χ2v) is 6.50. The Hall–Kier alpha value is -2.12. The number of β-amino-alcohol motifs (C(OH)–C–C–N with tert-alkyl or cyclic N) is 1. The van der Waals surface area contributed by atoms with Crippen molar-refractivity contribution in [3.63, 3.8) is 0 Å². The molecule has 1 aliphatic rings. The lowest BCUT2D eigenvalue weighted by Crippen LogP contribution is -2.42. The minimum Gasteiger partial charge on any atom is -0.491 e. The smallest absolute Gasteiger partial charge is 0.309 e. The Morgan fingerprint density at radius 1 is 1.27 bits per heavy atom. The number of carbonyl (C=O) groups is 2. The molecule has 7 nitrogen and oxygen atoms in total. The monoisotopic (exact) mass is 364 g/mol. The zero-order valence-corrected chi connectivity index (χ0v) is 15.4. The molecule has 1 heterocycles. The van der Waals surface area contributed by atoms with Gasteiger partial charge in [-0.05, 0) is 57.1 Å². The molecule has 0 bridgehead atoms. The molecule has 1 aromatic carbocycles. The fourth-order valence-electron chi connectivity index (χ4n) is 2.99. The van der Waals surface area contributed by atoms with Gasteiger partial charge >= 0.3 is 5.97 Å². The molecule has 26 heavy (non-hydrogen) atoms. The van der Waals surface area contributed by atoms with Crippen LogP contribution in [0.5, 0.6) is 5.75 Å². The van der Waals surface area contributed by atoms with E-state index in [1.54, 1.807) is 24.3 Å². The van der Waals surface area contributed by atoms with E-state index in [9.17, 15) is 14.7 Å². The van der Waals surface area contributed by atoms with E-state index in [2.05, 4.69) is 10.2 Å². The summed E-state index contributed by atoms with van der Waals surface area (Å²) >= 11 is 0. The van der Waals surface area contributed by atoms with Gasteiger partial charge in [-0.2, -0.15) is 0 Å². The van der Waals surface area contributed by atoms with Crippen molar-refractivity contribution in [3.05, 3.63) is 24.3 Å². The standard InChI is InChI=1S/C19H28N2O5/c1-3-25-19(24)15-8-10-21(11-9-15)12-17(23)13-26-18-6-4-16(5-7-18)20-14(2)22/h4-7,15,17,23H,3,8-13H2,1-2H3,(H,20,22). The van der Waals surface area contributed by atoms with Gasteiger partial charge in [-0.3, -0.25) is 9.59 Å². The van der Waals surface area contributed by atoms with E-state index in [4.69, 9.17) is 9.47 Å². The maximum atomic E-state index is 11.7. The number of piperidine rings is 1. The maximum Gasteiger partial charge on any atom is 0.309 e. The van der Waals surface area contributed by atoms with Gasteiger partial charge in [0.1, 0.15) is 18.5 Å². The first-order chi connectivity index (χ1) is 12.5. The summed E-state index contributed by atoms with van der Waals surface area (Å²) in [5, 5.41) is 12.9. The van der Waals surface area contributed by atoms with Crippen molar-refractivity contribution in [2.75, 3.05) is 38.2 Å². The van der Waals surface area contributed by atoms with Gasteiger partial charge < -0.3 is 24.8 Å². The van der Waals surface area contributed by atoms with Crippen LogP contribution in [0, 0.1) is 5.92 Å². The molecule has 7 heteroatoms. The molecule has 0 aromatic heterocycles. The third-order valence-corrected chi connectivity index (χ3v) is 4.29. The van der Waals surface area contributed by atoms with E-state index in [-0.39, 0.29) is 24.4 Å². The maximum absolute atomic E-state index is 11.7. The second kappa shape index (κ2) is 10.1. The zero-order valence-electron chi connectivity index (χ0n) is 15.4. The fourth-order valence-corrected chi connectivity index (χ4v) is 2.99. The van der Waals surface area contributed by atoms with Crippen molar-refractivity contribution in [1.82, 2.24) is 4.90 Å². The lowest BCUT2D eigenvalue weighted by molar-refractivity contribution is -0.149. The Bertz CT molecular complexity index is 582. The van der Waals surface area contributed by atoms with Crippen molar-refractivity contribution in [2.45, 2.75) is 32.8 Å². The number of ether oxygens (including phenoxy) is 2. The quantitative estimate of drug-likeness (QED) is 0.682. The average Bonchev–Trinajstić information content (AvgIpc) is 2.61. The number of hydrogen-bond acceptors (Lipinski definition) is 6. The number of esters is 1. The lowest BCUT2D eigenvalue weighted by Gasteiger charge is -2.32. The van der Waals surface area contributed by atoms with Crippen molar-refractivity contribution >= 4 is 17.6 Å².